The van der Waals surface area contributed by atoms with Crippen LogP contribution >= 0.6 is 0 Å². The van der Waals surface area contributed by atoms with E-state index < -0.39 is 22.0 Å². The Kier molecular flexibility index (Phi) is 4.86. The van der Waals surface area contributed by atoms with Gasteiger partial charge in [-0.05, 0) is 6.42 Å². The number of hydrogen-bond donors (Lipinski definition) is 2. The van der Waals surface area contributed by atoms with E-state index in [0.717, 1.165) is 4.31 Å². The standard InChI is InChI=1S/C9H15N3O4S/c10-6-8-7-11-3-4-12(8)17(15,16)5-1-2-9(13)14/h8,11H,1-5,7H2,(H,13,14). The molecule has 1 saturated heterocycles. The summed E-state index contributed by atoms with van der Waals surface area (Å²) in [5, 5.41) is 20.2. The van der Waals surface area contributed by atoms with Crippen molar-refractivity contribution in [2.24, 2.45) is 0 Å². The molecular weight excluding hydrogens is 246 g/mol. The maximum Gasteiger partial charge on any atom is 0.303 e. The third kappa shape index (κ3) is 3.96. The number of nitrogens with zero attached hydrogens (tertiary/aromatic N) is 2. The van der Waals surface area contributed by atoms with Crippen LogP contribution in [0.25, 0.3) is 0 Å². The van der Waals surface area contributed by atoms with Gasteiger partial charge in [0.05, 0.1) is 11.8 Å². The van der Waals surface area contributed by atoms with E-state index in [1.54, 1.807) is 0 Å². The number of carboxylic acids is 1. The normalized spacial score (nSPS) is 21.9. The van der Waals surface area contributed by atoms with Crippen LogP contribution in [0.1, 0.15) is 12.8 Å². The SMILES string of the molecule is N#CC1CNCCN1S(=O)(=O)CCCC(=O)O. The lowest BCUT2D eigenvalue weighted by atomic mass is 10.3. The van der Waals surface area contributed by atoms with Gasteiger partial charge in [0.1, 0.15) is 6.04 Å². The summed E-state index contributed by atoms with van der Waals surface area (Å²) >= 11 is 0. The Morgan fingerprint density at radius 3 is 2.88 bits per heavy atom. The Bertz CT molecular complexity index is 414. The monoisotopic (exact) mass is 261 g/mol. The second kappa shape index (κ2) is 5.95. The van der Waals surface area contributed by atoms with Gasteiger partial charge in [0.25, 0.3) is 0 Å². The van der Waals surface area contributed by atoms with Gasteiger partial charge in [0.2, 0.25) is 10.0 Å². The van der Waals surface area contributed by atoms with E-state index in [-0.39, 0.29) is 25.1 Å². The molecule has 0 radical (unpaired) electrons. The van der Waals surface area contributed by atoms with Crippen molar-refractivity contribution >= 4 is 16.0 Å². The molecule has 1 fully saturated rings. The van der Waals surface area contributed by atoms with Gasteiger partial charge in [-0.25, -0.2) is 8.42 Å². The number of rotatable bonds is 5. The van der Waals surface area contributed by atoms with E-state index in [0.29, 0.717) is 13.1 Å². The van der Waals surface area contributed by atoms with Gasteiger partial charge < -0.3 is 10.4 Å². The van der Waals surface area contributed by atoms with E-state index >= 15 is 0 Å². The van der Waals surface area contributed by atoms with E-state index in [1.165, 1.54) is 0 Å². The molecule has 1 unspecified atom stereocenters. The summed E-state index contributed by atoms with van der Waals surface area (Å²) in [4.78, 5) is 10.3. The summed E-state index contributed by atoms with van der Waals surface area (Å²) in [6, 6.07) is 1.23. The number of hydrogen-bond acceptors (Lipinski definition) is 5. The van der Waals surface area contributed by atoms with Gasteiger partial charge in [-0.15, -0.1) is 0 Å². The number of nitrogens with one attached hydrogen (secondary N) is 1. The molecule has 0 aromatic rings. The third-order valence-corrected chi connectivity index (χ3v) is 4.45. The molecular formula is C9H15N3O4S. The van der Waals surface area contributed by atoms with Crippen LogP contribution < -0.4 is 5.32 Å². The first-order valence-corrected chi connectivity index (χ1v) is 6.90. The van der Waals surface area contributed by atoms with Gasteiger partial charge in [0.15, 0.2) is 0 Å². The van der Waals surface area contributed by atoms with Crippen LogP contribution in [0.2, 0.25) is 0 Å². The molecule has 0 bridgehead atoms. The lowest BCUT2D eigenvalue weighted by molar-refractivity contribution is -0.137. The van der Waals surface area contributed by atoms with Crippen molar-refractivity contribution in [2.75, 3.05) is 25.4 Å². The first kappa shape index (κ1) is 13.9. The molecule has 1 aliphatic rings. The highest BCUT2D eigenvalue weighted by Gasteiger charge is 2.31. The lowest BCUT2D eigenvalue weighted by Gasteiger charge is -2.30. The molecule has 1 aliphatic heterocycles. The summed E-state index contributed by atoms with van der Waals surface area (Å²) in [6.45, 7) is 1.08. The molecule has 0 spiro atoms. The smallest absolute Gasteiger partial charge is 0.303 e. The molecule has 0 saturated carbocycles. The largest absolute Gasteiger partial charge is 0.481 e. The fraction of sp³-hybridized carbons (Fsp3) is 0.778. The van der Waals surface area contributed by atoms with Crippen LogP contribution in [0.5, 0.6) is 0 Å². The Morgan fingerprint density at radius 1 is 1.59 bits per heavy atom. The van der Waals surface area contributed by atoms with Crippen molar-refractivity contribution in [1.29, 1.82) is 5.26 Å². The lowest BCUT2D eigenvalue weighted by Crippen LogP contribution is -2.53. The highest BCUT2D eigenvalue weighted by Crippen LogP contribution is 2.11. The van der Waals surface area contributed by atoms with Crippen molar-refractivity contribution < 1.29 is 18.3 Å². The number of carbonyl (C=O) groups is 1. The topological polar surface area (TPSA) is 111 Å². The Balaban J connectivity index is 2.62. The van der Waals surface area contributed by atoms with Crippen LogP contribution in [-0.4, -0.2) is 55.2 Å². The predicted molar refractivity (Wildman–Crippen MR) is 59.6 cm³/mol. The summed E-state index contributed by atoms with van der Waals surface area (Å²) in [7, 11) is -3.53. The minimum absolute atomic E-state index is 0.0692. The van der Waals surface area contributed by atoms with Crippen molar-refractivity contribution in [1.82, 2.24) is 9.62 Å². The van der Waals surface area contributed by atoms with Crippen molar-refractivity contribution in [3.63, 3.8) is 0 Å². The molecule has 2 N–H and O–H groups in total. The first-order valence-electron chi connectivity index (χ1n) is 5.29. The average molecular weight is 261 g/mol. The molecule has 1 atom stereocenters. The Hall–Kier alpha value is -1.17. The van der Waals surface area contributed by atoms with Crippen molar-refractivity contribution in [2.45, 2.75) is 18.9 Å². The molecule has 0 aromatic heterocycles. The average Bonchev–Trinajstić information content (AvgIpc) is 2.28. The van der Waals surface area contributed by atoms with Crippen LogP contribution in [0, 0.1) is 11.3 Å². The molecule has 0 amide bonds. The van der Waals surface area contributed by atoms with Crippen LogP contribution in [0.4, 0.5) is 0 Å². The molecule has 1 heterocycles. The van der Waals surface area contributed by atoms with E-state index in [4.69, 9.17) is 10.4 Å². The minimum atomic E-state index is -3.53. The quantitative estimate of drug-likeness (QED) is 0.655. The van der Waals surface area contributed by atoms with E-state index in [9.17, 15) is 13.2 Å². The molecule has 0 aliphatic carbocycles. The molecule has 8 heteroatoms. The number of piperazine rings is 1. The zero-order valence-corrected chi connectivity index (χ0v) is 10.1. The molecule has 7 nitrogen and oxygen atoms in total. The van der Waals surface area contributed by atoms with Crippen LogP contribution in [0.15, 0.2) is 0 Å². The van der Waals surface area contributed by atoms with Crippen LogP contribution in [0.3, 0.4) is 0 Å². The summed E-state index contributed by atoms with van der Waals surface area (Å²) in [5.41, 5.74) is 0. The highest BCUT2D eigenvalue weighted by atomic mass is 32.2. The molecule has 0 aromatic carbocycles. The molecule has 17 heavy (non-hydrogen) atoms. The van der Waals surface area contributed by atoms with Gasteiger partial charge in [-0.3, -0.25) is 4.79 Å². The summed E-state index contributed by atoms with van der Waals surface area (Å²) in [5.74, 6) is -1.24. The third-order valence-electron chi connectivity index (χ3n) is 2.49. The van der Waals surface area contributed by atoms with Crippen molar-refractivity contribution in [3.8, 4) is 6.07 Å². The molecule has 1 rings (SSSR count). The van der Waals surface area contributed by atoms with Crippen molar-refractivity contribution in [3.05, 3.63) is 0 Å². The minimum Gasteiger partial charge on any atom is -0.481 e. The first-order chi connectivity index (χ1) is 7.97. The Morgan fingerprint density at radius 2 is 2.29 bits per heavy atom. The Labute approximate surface area is 100 Å². The predicted octanol–water partition coefficient (Wildman–Crippen LogP) is -1.02. The number of nitriles is 1. The second-order valence-corrected chi connectivity index (χ2v) is 5.81. The zero-order chi connectivity index (χ0) is 12.9. The van der Waals surface area contributed by atoms with Gasteiger partial charge in [0, 0.05) is 26.1 Å². The maximum absolute atomic E-state index is 11.9. The zero-order valence-electron chi connectivity index (χ0n) is 9.29. The summed E-state index contributed by atoms with van der Waals surface area (Å²) in [6.07, 6.45) is -0.109. The number of carboxylic acid groups (broad SMARTS) is 1. The van der Waals surface area contributed by atoms with E-state index in [1.807, 2.05) is 6.07 Å². The second-order valence-electron chi connectivity index (χ2n) is 3.77. The van der Waals surface area contributed by atoms with Crippen LogP contribution in [-0.2, 0) is 14.8 Å². The summed E-state index contributed by atoms with van der Waals surface area (Å²) < 4.78 is 24.9. The maximum atomic E-state index is 11.9. The fourth-order valence-corrected chi connectivity index (χ4v) is 3.27. The van der Waals surface area contributed by atoms with Gasteiger partial charge >= 0.3 is 5.97 Å². The van der Waals surface area contributed by atoms with E-state index in [2.05, 4.69) is 5.32 Å². The van der Waals surface area contributed by atoms with Gasteiger partial charge in [-0.2, -0.15) is 9.57 Å². The molecule has 96 valence electrons. The van der Waals surface area contributed by atoms with Gasteiger partial charge in [-0.1, -0.05) is 0 Å². The fourth-order valence-electron chi connectivity index (χ4n) is 1.65. The highest BCUT2D eigenvalue weighted by molar-refractivity contribution is 7.89. The number of sulfonamides is 1. The number of aliphatic carboxylic acids is 1.